The van der Waals surface area contributed by atoms with E-state index in [9.17, 15) is 19.5 Å². The molecule has 1 N–H and O–H groups in total. The van der Waals surface area contributed by atoms with Gasteiger partial charge in [0.05, 0.1) is 19.2 Å². The number of allylic oxidation sites excluding steroid dienone is 21. The summed E-state index contributed by atoms with van der Waals surface area (Å²) in [6.07, 6.45) is 31.9. The summed E-state index contributed by atoms with van der Waals surface area (Å²) in [6.45, 7) is 20.4. The molecule has 0 aromatic heterocycles. The molecule has 258 valence electrons. The molecule has 0 saturated heterocycles. The van der Waals surface area contributed by atoms with E-state index in [0.29, 0.717) is 24.4 Å². The minimum absolute atomic E-state index is 0. The van der Waals surface area contributed by atoms with E-state index in [1.165, 1.54) is 18.1 Å². The van der Waals surface area contributed by atoms with Crippen molar-refractivity contribution in [2.24, 2.45) is 0 Å². The molecule has 0 aromatic carbocycles. The van der Waals surface area contributed by atoms with Gasteiger partial charge in [0.15, 0.2) is 0 Å². The molecular formula is C40H53Na2O7-. The van der Waals surface area contributed by atoms with Crippen LogP contribution >= 0.6 is 0 Å². The second kappa shape index (κ2) is 36.7. The van der Waals surface area contributed by atoms with Crippen LogP contribution in [0.5, 0.6) is 0 Å². The van der Waals surface area contributed by atoms with Crippen LogP contribution in [0.4, 0.5) is 0 Å². The number of aliphatic carboxylic acids is 1. The van der Waals surface area contributed by atoms with E-state index >= 15 is 0 Å². The van der Waals surface area contributed by atoms with E-state index in [1.807, 2.05) is 88.5 Å². The maximum Gasteiger partial charge on any atom is 1.00 e. The fourth-order valence-electron chi connectivity index (χ4n) is 3.17. The molecule has 0 rings (SSSR count). The second-order valence-corrected chi connectivity index (χ2v) is 10.4. The van der Waals surface area contributed by atoms with Crippen LogP contribution in [0, 0.1) is 0 Å². The molecule has 0 aliphatic rings. The van der Waals surface area contributed by atoms with E-state index in [1.54, 1.807) is 51.4 Å². The number of rotatable bonds is 17. The third-order valence-electron chi connectivity index (χ3n) is 5.60. The van der Waals surface area contributed by atoms with Gasteiger partial charge in [-0.2, -0.15) is 5.57 Å². The molecule has 0 unspecified atom stereocenters. The van der Waals surface area contributed by atoms with Gasteiger partial charge in [-0.05, 0) is 79.7 Å². The topological polar surface area (TPSA) is 123 Å². The van der Waals surface area contributed by atoms with Crippen molar-refractivity contribution in [1.29, 1.82) is 0 Å². The predicted octanol–water partition coefficient (Wildman–Crippen LogP) is 2.06. The Morgan fingerprint density at radius 1 is 0.612 bits per heavy atom. The van der Waals surface area contributed by atoms with Crippen molar-refractivity contribution in [2.45, 2.75) is 69.2 Å². The van der Waals surface area contributed by atoms with Crippen LogP contribution in [-0.4, -0.2) is 43.5 Å². The molecule has 9 heteroatoms. The van der Waals surface area contributed by atoms with Gasteiger partial charge in [-0.3, -0.25) is 0 Å². The fourth-order valence-corrected chi connectivity index (χ4v) is 3.17. The van der Waals surface area contributed by atoms with Crippen molar-refractivity contribution < 1.29 is 93.6 Å². The van der Waals surface area contributed by atoms with Crippen LogP contribution in [0.1, 0.15) is 69.2 Å². The number of hydrogen-bond donors (Lipinski definition) is 0. The first-order chi connectivity index (χ1) is 21.8. The minimum Gasteiger partial charge on any atom is -0.870 e. The summed E-state index contributed by atoms with van der Waals surface area (Å²) < 4.78 is 10.3. The molecule has 49 heavy (non-hydrogen) atoms. The van der Waals surface area contributed by atoms with Crippen molar-refractivity contribution >= 4 is 18.2 Å². The molecule has 0 aliphatic carbocycles. The number of carboxylic acid groups (broad SMARTS) is 1. The Bertz CT molecular complexity index is 1360. The smallest absolute Gasteiger partial charge is 0.870 e. The van der Waals surface area contributed by atoms with Crippen molar-refractivity contribution in [3.05, 3.63) is 142 Å². The van der Waals surface area contributed by atoms with Gasteiger partial charge >= 0.3 is 65.1 Å². The molecule has 0 spiro atoms. The van der Waals surface area contributed by atoms with E-state index < -0.39 is 5.97 Å². The normalized spacial score (nSPS) is 13.9. The SMILES string of the molecule is CCOC/C(C)=C/C(C)=C/C=C/C=C(C)/C=C/C=C(\C)C(=O)OCC.C\C([C-]=O)=C/C=C/C(C)=C/C=C/C=C(C)/C=C(\C)C(=O)[O-].[Na+].[Na+].[OH-]. The Hall–Kier alpha value is -2.59. The molecule has 0 aliphatic heterocycles. The van der Waals surface area contributed by atoms with E-state index in [0.717, 1.165) is 23.3 Å². The zero-order chi connectivity index (χ0) is 35.3. The number of carboxylic acids is 1. The summed E-state index contributed by atoms with van der Waals surface area (Å²) in [5.41, 5.74) is 6.67. The van der Waals surface area contributed by atoms with Crippen molar-refractivity contribution in [3.8, 4) is 0 Å². The molecule has 0 amide bonds. The van der Waals surface area contributed by atoms with Gasteiger partial charge < -0.3 is 29.6 Å². The molecule has 0 aromatic rings. The first-order valence-corrected chi connectivity index (χ1v) is 15.2. The van der Waals surface area contributed by atoms with Gasteiger partial charge in [0.25, 0.3) is 0 Å². The summed E-state index contributed by atoms with van der Waals surface area (Å²) in [6, 6.07) is 0. The first-order valence-electron chi connectivity index (χ1n) is 15.2. The minimum atomic E-state index is -1.16. The molecule has 0 atom stereocenters. The van der Waals surface area contributed by atoms with Gasteiger partial charge in [-0.25, -0.2) is 10.9 Å². The first kappa shape index (κ1) is 55.8. The number of hydrogen-bond acceptors (Lipinski definition) is 7. The Kier molecular flexibility index (Phi) is 41.8. The number of esters is 1. The fraction of sp³-hybridized carbons (Fsp3) is 0.325. The van der Waals surface area contributed by atoms with Crippen molar-refractivity contribution in [2.75, 3.05) is 19.8 Å². The maximum absolute atomic E-state index is 11.5. The average Bonchev–Trinajstić information content (AvgIpc) is 3.00. The summed E-state index contributed by atoms with van der Waals surface area (Å²) in [5, 5.41) is 10.6. The van der Waals surface area contributed by atoms with Crippen LogP contribution in [0.3, 0.4) is 0 Å². The molecule has 0 saturated carbocycles. The van der Waals surface area contributed by atoms with Gasteiger partial charge in [0, 0.05) is 12.2 Å². The van der Waals surface area contributed by atoms with Gasteiger partial charge in [-0.15, -0.1) is 6.08 Å². The third-order valence-corrected chi connectivity index (χ3v) is 5.60. The molecule has 0 radical (unpaired) electrons. The number of carbonyl (C=O) groups excluding carboxylic acids is 3. The summed E-state index contributed by atoms with van der Waals surface area (Å²) >= 11 is 0. The number of ether oxygens (including phenoxy) is 2. The molecule has 0 fully saturated rings. The van der Waals surface area contributed by atoms with Crippen LogP contribution < -0.4 is 64.2 Å². The standard InChI is InChI=1S/C22H32O3.C18H21O3.2Na.H2O/c1-7-24-17-20(5)16-19(4)13-10-9-12-18(3)14-11-15-21(6)22(23)25-8-2;1-14(10-7-11-16(3)13-19)8-5-6-9-15(2)12-17(4)18(20)21;;;/h9-16H,7-8,17H2,1-6H3;5-12H,1-4H3,(H,20,21);;;1H2/q;-1;2*+1;/p-2/b10-9+,14-11+,18-12+,19-13+,20-16+,21-15+;6-5+,10-7+,14-8+,15-9+,16-11+,17-12+;;;. The Morgan fingerprint density at radius 3 is 1.49 bits per heavy atom. The van der Waals surface area contributed by atoms with Crippen LogP contribution in [0.25, 0.3) is 0 Å². The maximum atomic E-state index is 11.5. The van der Waals surface area contributed by atoms with Gasteiger partial charge in [0.1, 0.15) is 0 Å². The van der Waals surface area contributed by atoms with Crippen LogP contribution in [-0.2, 0) is 23.9 Å². The largest absolute Gasteiger partial charge is 1.00 e. The van der Waals surface area contributed by atoms with E-state index in [2.05, 4.69) is 26.0 Å². The van der Waals surface area contributed by atoms with Gasteiger partial charge in [-0.1, -0.05) is 114 Å². The van der Waals surface area contributed by atoms with E-state index in [4.69, 9.17) is 9.47 Å². The zero-order valence-corrected chi connectivity index (χ0v) is 35.8. The Morgan fingerprint density at radius 2 is 1.06 bits per heavy atom. The van der Waals surface area contributed by atoms with Crippen LogP contribution in [0.2, 0.25) is 0 Å². The quantitative estimate of drug-likeness (QED) is 0.0753. The molecule has 7 nitrogen and oxygen atoms in total. The molecular weight excluding hydrogens is 638 g/mol. The van der Waals surface area contributed by atoms with Crippen LogP contribution in [0.15, 0.2) is 142 Å². The van der Waals surface area contributed by atoms with Crippen molar-refractivity contribution in [1.82, 2.24) is 0 Å². The Labute approximate surface area is 340 Å². The summed E-state index contributed by atoms with van der Waals surface area (Å²) in [4.78, 5) is 32.3. The third kappa shape index (κ3) is 36.5. The molecule has 0 bridgehead atoms. The Balaban J connectivity index is -0.000000251. The van der Waals surface area contributed by atoms with Crippen molar-refractivity contribution in [3.63, 3.8) is 0 Å². The average molecular weight is 692 g/mol. The predicted molar refractivity (Wildman–Crippen MR) is 192 cm³/mol. The molecule has 0 heterocycles. The second-order valence-electron chi connectivity index (χ2n) is 10.4. The monoisotopic (exact) mass is 691 g/mol. The summed E-state index contributed by atoms with van der Waals surface area (Å²) in [7, 11) is 0. The number of carbonyl (C=O) groups is 2. The van der Waals surface area contributed by atoms with E-state index in [-0.39, 0.29) is 76.1 Å². The van der Waals surface area contributed by atoms with Gasteiger partial charge in [0.2, 0.25) is 0 Å². The zero-order valence-electron chi connectivity index (χ0n) is 31.8. The summed E-state index contributed by atoms with van der Waals surface area (Å²) in [5.74, 6) is -1.44.